The first-order valence-electron chi connectivity index (χ1n) is 10.4. The highest BCUT2D eigenvalue weighted by Crippen LogP contribution is 2.30. The van der Waals surface area contributed by atoms with Gasteiger partial charge in [-0.1, -0.05) is 54.2 Å². The van der Waals surface area contributed by atoms with Gasteiger partial charge in [-0.3, -0.25) is 0 Å². The lowest BCUT2D eigenvalue weighted by Crippen LogP contribution is -3.00. The van der Waals surface area contributed by atoms with Crippen molar-refractivity contribution in [2.24, 2.45) is 0 Å². The van der Waals surface area contributed by atoms with E-state index in [0.29, 0.717) is 0 Å². The zero-order valence-corrected chi connectivity index (χ0v) is 20.5. The molecule has 0 saturated heterocycles. The molecular weight excluding hydrogens is 535 g/mol. The number of halogens is 3. The highest BCUT2D eigenvalue weighted by atomic mass is 127. The van der Waals surface area contributed by atoms with Crippen LogP contribution in [0.4, 0.5) is 8.78 Å². The Hall–Kier alpha value is -2.25. The smallest absolute Gasteiger partial charge is 0.169 e. The van der Waals surface area contributed by atoms with E-state index in [0.717, 1.165) is 30.5 Å². The molecule has 0 N–H and O–H groups in total. The van der Waals surface area contributed by atoms with Crippen molar-refractivity contribution in [2.75, 3.05) is 0 Å². The molecule has 0 aliphatic rings. The summed E-state index contributed by atoms with van der Waals surface area (Å²) in [4.78, 5) is 2.43. The number of nitrogens with zero attached hydrogens (tertiary/aromatic N) is 1. The molecule has 0 amide bonds. The molecule has 0 spiro atoms. The molecule has 0 unspecified atom stereocenters. The Morgan fingerprint density at radius 3 is 1.69 bits per heavy atom. The van der Waals surface area contributed by atoms with Crippen LogP contribution in [0.2, 0.25) is 0 Å². The van der Waals surface area contributed by atoms with Gasteiger partial charge in [0.25, 0.3) is 0 Å². The van der Waals surface area contributed by atoms with E-state index in [1.165, 1.54) is 34.1 Å². The summed E-state index contributed by atoms with van der Waals surface area (Å²) in [5.74, 6) is -0.383. The lowest BCUT2D eigenvalue weighted by Gasteiger charge is -2.17. The number of hydrogen-bond donors (Lipinski definition) is 0. The van der Waals surface area contributed by atoms with Crippen LogP contribution >= 0.6 is 11.8 Å². The molecule has 5 heteroatoms. The predicted octanol–water partition coefficient (Wildman–Crippen LogP) is 4.02. The quantitative estimate of drug-likeness (QED) is 0.233. The van der Waals surface area contributed by atoms with E-state index in [4.69, 9.17) is 0 Å². The normalized spacial score (nSPS) is 10.7. The van der Waals surface area contributed by atoms with Crippen LogP contribution in [0.5, 0.6) is 0 Å². The van der Waals surface area contributed by atoms with Crippen LogP contribution in [0.1, 0.15) is 29.9 Å². The predicted molar refractivity (Wildman–Crippen MR) is 121 cm³/mol. The van der Waals surface area contributed by atoms with Gasteiger partial charge in [-0.25, -0.2) is 13.3 Å². The maximum absolute atomic E-state index is 13.4. The van der Waals surface area contributed by atoms with Gasteiger partial charge in [-0.05, 0) is 53.9 Å². The van der Waals surface area contributed by atoms with Crippen molar-refractivity contribution in [1.29, 1.82) is 0 Å². The molecule has 0 fully saturated rings. The topological polar surface area (TPSA) is 3.88 Å². The van der Waals surface area contributed by atoms with Gasteiger partial charge in [0, 0.05) is 34.3 Å². The lowest BCUT2D eigenvalue weighted by molar-refractivity contribution is -0.697. The van der Waals surface area contributed by atoms with E-state index in [1.54, 1.807) is 11.8 Å². The number of aryl methyl sites for hydroxylation is 1. The SMILES string of the molecule is Fc1ccc(C(CCC[n+]2ccc(Sc3ccccc3)cc2)c2ccc(F)cc2)cc1.[I-]. The van der Waals surface area contributed by atoms with E-state index >= 15 is 0 Å². The Balaban J connectivity index is 0.00000289. The Morgan fingerprint density at radius 1 is 0.656 bits per heavy atom. The Kier molecular flexibility index (Phi) is 9.23. The zero-order valence-electron chi connectivity index (χ0n) is 17.5. The summed E-state index contributed by atoms with van der Waals surface area (Å²) < 4.78 is 29.0. The van der Waals surface area contributed by atoms with Gasteiger partial charge in [-0.15, -0.1) is 0 Å². The monoisotopic (exact) mass is 559 g/mol. The van der Waals surface area contributed by atoms with Gasteiger partial charge in [0.15, 0.2) is 12.4 Å². The van der Waals surface area contributed by atoms with Gasteiger partial charge >= 0.3 is 0 Å². The van der Waals surface area contributed by atoms with Crippen LogP contribution in [0.25, 0.3) is 0 Å². The minimum atomic E-state index is -0.245. The summed E-state index contributed by atoms with van der Waals surface area (Å²) in [5.41, 5.74) is 2.10. The number of pyridine rings is 1. The number of benzene rings is 3. The largest absolute Gasteiger partial charge is 1.00 e. The number of aromatic nitrogens is 1. The van der Waals surface area contributed by atoms with Crippen molar-refractivity contribution in [2.45, 2.75) is 35.1 Å². The van der Waals surface area contributed by atoms with Crippen molar-refractivity contribution >= 4 is 11.8 Å². The molecule has 1 nitrogen and oxygen atoms in total. The molecule has 0 aliphatic heterocycles. The summed E-state index contributed by atoms with van der Waals surface area (Å²) in [6.07, 6.45) is 6.06. The van der Waals surface area contributed by atoms with Crippen LogP contribution in [0, 0.1) is 11.6 Å². The molecule has 0 radical (unpaired) electrons. The molecule has 4 rings (SSSR count). The second-order valence-corrected chi connectivity index (χ2v) is 8.63. The van der Waals surface area contributed by atoms with Crippen LogP contribution in [-0.2, 0) is 6.54 Å². The van der Waals surface area contributed by atoms with E-state index in [-0.39, 0.29) is 41.5 Å². The second-order valence-electron chi connectivity index (χ2n) is 7.48. The fraction of sp³-hybridized carbons (Fsp3) is 0.148. The standard InChI is InChI=1S/C27H24F2NS.HI/c28-23-12-8-21(9-13-23)27(22-10-14-24(29)15-11-22)7-4-18-30-19-16-26(17-20-30)31-25-5-2-1-3-6-25;/h1-3,5-6,8-17,19-20,27H,4,7,18H2;1H/q+1;/p-1. The molecule has 3 aromatic carbocycles. The maximum atomic E-state index is 13.4. The average Bonchev–Trinajstić information content (AvgIpc) is 2.80. The third-order valence-corrected chi connectivity index (χ3v) is 6.31. The molecule has 0 aliphatic carbocycles. The highest BCUT2D eigenvalue weighted by molar-refractivity contribution is 7.99. The molecule has 32 heavy (non-hydrogen) atoms. The van der Waals surface area contributed by atoms with Crippen LogP contribution in [0.15, 0.2) is 113 Å². The van der Waals surface area contributed by atoms with Crippen LogP contribution in [0.3, 0.4) is 0 Å². The molecule has 0 bridgehead atoms. The van der Waals surface area contributed by atoms with Gasteiger partial charge in [0.2, 0.25) is 0 Å². The zero-order chi connectivity index (χ0) is 21.5. The summed E-state index contributed by atoms with van der Waals surface area (Å²) in [7, 11) is 0. The van der Waals surface area contributed by atoms with Gasteiger partial charge < -0.3 is 24.0 Å². The second kappa shape index (κ2) is 12.1. The minimum Gasteiger partial charge on any atom is -1.00 e. The fourth-order valence-electron chi connectivity index (χ4n) is 3.68. The number of rotatable bonds is 8. The summed E-state index contributed by atoms with van der Waals surface area (Å²) in [6, 6.07) is 27.9. The molecule has 4 aromatic rings. The molecule has 0 atom stereocenters. The van der Waals surface area contributed by atoms with E-state index in [9.17, 15) is 8.78 Å². The molecule has 1 aromatic heterocycles. The average molecular weight is 559 g/mol. The van der Waals surface area contributed by atoms with E-state index < -0.39 is 0 Å². The molecule has 1 heterocycles. The molecule has 0 saturated carbocycles. The Labute approximate surface area is 209 Å². The number of hydrogen-bond acceptors (Lipinski definition) is 1. The van der Waals surface area contributed by atoms with Crippen molar-refractivity contribution in [3.05, 3.63) is 126 Å². The first kappa shape index (κ1) is 24.4. The first-order valence-corrected chi connectivity index (χ1v) is 11.2. The third kappa shape index (κ3) is 6.87. The first-order chi connectivity index (χ1) is 15.2. The van der Waals surface area contributed by atoms with Gasteiger partial charge in [-0.2, -0.15) is 0 Å². The molecular formula is C27H24F2INS. The minimum absolute atomic E-state index is 0. The van der Waals surface area contributed by atoms with Crippen molar-refractivity contribution in [3.8, 4) is 0 Å². The Bertz CT molecular complexity index is 1040. The van der Waals surface area contributed by atoms with Crippen molar-refractivity contribution in [3.63, 3.8) is 0 Å². The summed E-state index contributed by atoms with van der Waals surface area (Å²) >= 11 is 1.75. The summed E-state index contributed by atoms with van der Waals surface area (Å²) in [6.45, 7) is 0.884. The van der Waals surface area contributed by atoms with Gasteiger partial charge in [0.1, 0.15) is 18.2 Å². The summed E-state index contributed by atoms with van der Waals surface area (Å²) in [5, 5.41) is 0. The van der Waals surface area contributed by atoms with Crippen LogP contribution in [-0.4, -0.2) is 0 Å². The molecule has 164 valence electrons. The fourth-order valence-corrected chi connectivity index (χ4v) is 4.50. The Morgan fingerprint density at radius 2 is 1.16 bits per heavy atom. The van der Waals surface area contributed by atoms with Crippen molar-refractivity contribution in [1.82, 2.24) is 0 Å². The third-order valence-electron chi connectivity index (χ3n) is 5.29. The van der Waals surface area contributed by atoms with Crippen LogP contribution < -0.4 is 28.5 Å². The van der Waals surface area contributed by atoms with E-state index in [2.05, 4.69) is 41.2 Å². The lowest BCUT2D eigenvalue weighted by atomic mass is 9.87. The maximum Gasteiger partial charge on any atom is 0.169 e. The highest BCUT2D eigenvalue weighted by Gasteiger charge is 2.15. The van der Waals surface area contributed by atoms with Crippen molar-refractivity contribution < 1.29 is 37.3 Å². The van der Waals surface area contributed by atoms with Gasteiger partial charge in [0.05, 0.1) is 0 Å². The van der Waals surface area contributed by atoms with E-state index in [1.807, 2.05) is 42.5 Å².